The average molecular weight is 272 g/mol. The lowest BCUT2D eigenvalue weighted by atomic mass is 10.0. The van der Waals surface area contributed by atoms with Crippen LogP contribution in [-0.4, -0.2) is 56.0 Å². The quantitative estimate of drug-likeness (QED) is 0.825. The molecule has 2 saturated heterocycles. The first kappa shape index (κ1) is 12.9. The molecular formula is C13H24N2O2S. The van der Waals surface area contributed by atoms with E-state index in [1.54, 1.807) is 0 Å². The molecule has 18 heavy (non-hydrogen) atoms. The Bertz CT molecular complexity index is 378. The summed E-state index contributed by atoms with van der Waals surface area (Å²) in [5.74, 6) is 0.795. The molecule has 2 heterocycles. The van der Waals surface area contributed by atoms with Crippen molar-refractivity contribution in [3.8, 4) is 0 Å². The van der Waals surface area contributed by atoms with E-state index < -0.39 is 9.84 Å². The first-order chi connectivity index (χ1) is 8.62. The highest BCUT2D eigenvalue weighted by molar-refractivity contribution is 7.91. The molecule has 0 aromatic heterocycles. The summed E-state index contributed by atoms with van der Waals surface area (Å²) in [7, 11) is -2.72. The van der Waals surface area contributed by atoms with Crippen molar-refractivity contribution in [2.75, 3.05) is 24.6 Å². The van der Waals surface area contributed by atoms with Crippen LogP contribution in [0, 0.1) is 0 Å². The molecule has 1 atom stereocenters. The van der Waals surface area contributed by atoms with E-state index in [9.17, 15) is 8.42 Å². The number of likely N-dealkylation sites (tertiary alicyclic amines) is 1. The summed E-state index contributed by atoms with van der Waals surface area (Å²) in [6.07, 6.45) is 6.93. The van der Waals surface area contributed by atoms with Crippen molar-refractivity contribution in [1.29, 1.82) is 0 Å². The molecule has 1 N–H and O–H groups in total. The van der Waals surface area contributed by atoms with Crippen molar-refractivity contribution in [2.45, 2.75) is 56.7 Å². The number of rotatable bonds is 3. The maximum Gasteiger partial charge on any atom is 0.150 e. The maximum absolute atomic E-state index is 11.5. The summed E-state index contributed by atoms with van der Waals surface area (Å²) < 4.78 is 22.9. The lowest BCUT2D eigenvalue weighted by Gasteiger charge is -2.40. The molecule has 0 aromatic carbocycles. The molecule has 0 aromatic rings. The minimum absolute atomic E-state index is 0.398. The zero-order valence-electron chi connectivity index (χ0n) is 11.0. The second kappa shape index (κ2) is 5.10. The summed E-state index contributed by atoms with van der Waals surface area (Å²) in [4.78, 5) is 2.54. The molecule has 2 aliphatic heterocycles. The van der Waals surface area contributed by atoms with Gasteiger partial charge in [0.2, 0.25) is 0 Å². The van der Waals surface area contributed by atoms with Gasteiger partial charge in [-0.3, -0.25) is 4.90 Å². The van der Waals surface area contributed by atoms with E-state index in [0.29, 0.717) is 23.6 Å². The highest BCUT2D eigenvalue weighted by atomic mass is 32.2. The Kier molecular flexibility index (Phi) is 3.65. The minimum Gasteiger partial charge on any atom is -0.310 e. The molecule has 1 aliphatic carbocycles. The highest BCUT2D eigenvalue weighted by Crippen LogP contribution is 2.25. The molecule has 3 fully saturated rings. The SMILES string of the molecule is O=S1(=O)CCC(N2CCCC(NC3CC3)C2)CC1. The number of nitrogens with zero attached hydrogens (tertiary/aromatic N) is 1. The largest absolute Gasteiger partial charge is 0.310 e. The van der Waals surface area contributed by atoms with Gasteiger partial charge in [-0.25, -0.2) is 8.42 Å². The zero-order chi connectivity index (χ0) is 12.6. The number of hydrogen-bond acceptors (Lipinski definition) is 4. The summed E-state index contributed by atoms with van der Waals surface area (Å²) >= 11 is 0. The van der Waals surface area contributed by atoms with Gasteiger partial charge in [-0.05, 0) is 45.1 Å². The van der Waals surface area contributed by atoms with E-state index in [4.69, 9.17) is 0 Å². The Balaban J connectivity index is 1.52. The third kappa shape index (κ3) is 3.25. The summed E-state index contributed by atoms with van der Waals surface area (Å²) in [6.45, 7) is 2.29. The Morgan fingerprint density at radius 2 is 1.67 bits per heavy atom. The third-order valence-electron chi connectivity index (χ3n) is 4.54. The first-order valence-corrected chi connectivity index (χ1v) is 9.15. The van der Waals surface area contributed by atoms with Crippen molar-refractivity contribution >= 4 is 9.84 Å². The van der Waals surface area contributed by atoms with Crippen LogP contribution >= 0.6 is 0 Å². The van der Waals surface area contributed by atoms with E-state index in [-0.39, 0.29) is 0 Å². The van der Waals surface area contributed by atoms with Crippen LogP contribution in [0.3, 0.4) is 0 Å². The normalized spacial score (nSPS) is 34.6. The first-order valence-electron chi connectivity index (χ1n) is 7.33. The van der Waals surface area contributed by atoms with Crippen LogP contribution in [-0.2, 0) is 9.84 Å². The van der Waals surface area contributed by atoms with Gasteiger partial charge in [0.05, 0.1) is 11.5 Å². The predicted octanol–water partition coefficient (Wildman–Crippen LogP) is 0.780. The molecule has 0 bridgehead atoms. The van der Waals surface area contributed by atoms with Gasteiger partial charge in [-0.1, -0.05) is 0 Å². The Morgan fingerprint density at radius 3 is 2.33 bits per heavy atom. The maximum atomic E-state index is 11.5. The molecule has 104 valence electrons. The Labute approximate surface area is 110 Å². The van der Waals surface area contributed by atoms with Crippen LogP contribution in [0.5, 0.6) is 0 Å². The second-order valence-electron chi connectivity index (χ2n) is 6.16. The topological polar surface area (TPSA) is 49.4 Å². The predicted molar refractivity (Wildman–Crippen MR) is 72.4 cm³/mol. The van der Waals surface area contributed by atoms with Gasteiger partial charge >= 0.3 is 0 Å². The van der Waals surface area contributed by atoms with Crippen LogP contribution in [0.4, 0.5) is 0 Å². The molecule has 4 nitrogen and oxygen atoms in total. The molecule has 3 rings (SSSR count). The minimum atomic E-state index is -2.72. The van der Waals surface area contributed by atoms with Gasteiger partial charge in [0.1, 0.15) is 9.84 Å². The lowest BCUT2D eigenvalue weighted by Crippen LogP contribution is -2.51. The Hall–Kier alpha value is -0.130. The standard InChI is InChI=1S/C13H24N2O2S/c16-18(17)8-5-13(6-9-18)15-7-1-2-12(10-15)14-11-3-4-11/h11-14H,1-10H2. The van der Waals surface area contributed by atoms with Crippen molar-refractivity contribution in [3.05, 3.63) is 0 Å². The summed E-state index contributed by atoms with van der Waals surface area (Å²) in [6, 6.07) is 1.93. The fourth-order valence-corrected chi connectivity index (χ4v) is 4.77. The van der Waals surface area contributed by atoms with Gasteiger partial charge < -0.3 is 5.32 Å². The van der Waals surface area contributed by atoms with Crippen molar-refractivity contribution in [2.24, 2.45) is 0 Å². The molecule has 5 heteroatoms. The fourth-order valence-electron chi connectivity index (χ4n) is 3.30. The van der Waals surface area contributed by atoms with Crippen molar-refractivity contribution in [1.82, 2.24) is 10.2 Å². The van der Waals surface area contributed by atoms with E-state index in [2.05, 4.69) is 10.2 Å². The second-order valence-corrected chi connectivity index (χ2v) is 8.46. The van der Waals surface area contributed by atoms with E-state index in [1.165, 1.54) is 25.7 Å². The smallest absolute Gasteiger partial charge is 0.150 e. The molecule has 0 spiro atoms. The number of hydrogen-bond donors (Lipinski definition) is 1. The zero-order valence-corrected chi connectivity index (χ0v) is 11.8. The van der Waals surface area contributed by atoms with Crippen LogP contribution in [0.2, 0.25) is 0 Å². The molecular weight excluding hydrogens is 248 g/mol. The van der Waals surface area contributed by atoms with Crippen molar-refractivity contribution in [3.63, 3.8) is 0 Å². The summed E-state index contributed by atoms with van der Waals surface area (Å²) in [5, 5.41) is 3.72. The summed E-state index contributed by atoms with van der Waals surface area (Å²) in [5.41, 5.74) is 0. The molecule has 3 aliphatic rings. The van der Waals surface area contributed by atoms with Gasteiger partial charge in [0.25, 0.3) is 0 Å². The number of piperidine rings is 1. The van der Waals surface area contributed by atoms with Crippen LogP contribution < -0.4 is 5.32 Å². The van der Waals surface area contributed by atoms with Crippen LogP contribution in [0.25, 0.3) is 0 Å². The number of nitrogens with one attached hydrogen (secondary N) is 1. The van der Waals surface area contributed by atoms with Gasteiger partial charge in [0, 0.05) is 24.7 Å². The molecule has 0 amide bonds. The average Bonchev–Trinajstić information content (AvgIpc) is 3.13. The van der Waals surface area contributed by atoms with Gasteiger partial charge in [0.15, 0.2) is 0 Å². The lowest BCUT2D eigenvalue weighted by molar-refractivity contribution is 0.128. The van der Waals surface area contributed by atoms with E-state index in [0.717, 1.165) is 32.0 Å². The van der Waals surface area contributed by atoms with Gasteiger partial charge in [-0.15, -0.1) is 0 Å². The number of sulfone groups is 1. The van der Waals surface area contributed by atoms with E-state index >= 15 is 0 Å². The molecule has 1 unspecified atom stereocenters. The van der Waals surface area contributed by atoms with E-state index in [1.807, 2.05) is 0 Å². The third-order valence-corrected chi connectivity index (χ3v) is 6.26. The van der Waals surface area contributed by atoms with Crippen molar-refractivity contribution < 1.29 is 8.42 Å². The van der Waals surface area contributed by atoms with Crippen LogP contribution in [0.1, 0.15) is 38.5 Å². The molecule has 0 radical (unpaired) electrons. The molecule has 1 saturated carbocycles. The fraction of sp³-hybridized carbons (Fsp3) is 1.00. The van der Waals surface area contributed by atoms with Gasteiger partial charge in [-0.2, -0.15) is 0 Å². The monoisotopic (exact) mass is 272 g/mol. The Morgan fingerprint density at radius 1 is 0.944 bits per heavy atom. The highest BCUT2D eigenvalue weighted by Gasteiger charge is 2.32. The van der Waals surface area contributed by atoms with Crippen LogP contribution in [0.15, 0.2) is 0 Å².